The Labute approximate surface area is 170 Å². The number of hydrogen-bond donors (Lipinski definition) is 0. The predicted molar refractivity (Wildman–Crippen MR) is 109 cm³/mol. The van der Waals surface area contributed by atoms with E-state index in [0.717, 1.165) is 13.0 Å². The minimum Gasteiger partial charge on any atom is -0.496 e. The van der Waals surface area contributed by atoms with Crippen LogP contribution in [0.25, 0.3) is 0 Å². The number of hydrogen-bond acceptors (Lipinski definition) is 4. The maximum atomic E-state index is 12.9. The highest BCUT2D eigenvalue weighted by molar-refractivity contribution is 6.31. The van der Waals surface area contributed by atoms with E-state index in [-0.39, 0.29) is 11.5 Å². The Morgan fingerprint density at radius 1 is 1.29 bits per heavy atom. The number of benzene rings is 2. The number of likely N-dealkylation sites (N-methyl/N-ethyl adjacent to an activating group) is 1. The molecule has 28 heavy (non-hydrogen) atoms. The van der Waals surface area contributed by atoms with Crippen molar-refractivity contribution in [3.8, 4) is 5.75 Å². The molecule has 2 fully saturated rings. The molecule has 5 nitrogen and oxygen atoms in total. The SMILES string of the molecule is COc1ccc(Cl)cc1C(=O)N1CC2(CC(N(C)Cc3ccccc3)CO2)C1. The maximum Gasteiger partial charge on any atom is 0.257 e. The molecule has 1 spiro atoms. The van der Waals surface area contributed by atoms with Gasteiger partial charge in [-0.2, -0.15) is 0 Å². The van der Waals surface area contributed by atoms with Crippen LogP contribution < -0.4 is 4.74 Å². The van der Waals surface area contributed by atoms with Crippen molar-refractivity contribution in [3.05, 3.63) is 64.7 Å². The summed E-state index contributed by atoms with van der Waals surface area (Å²) in [6.07, 6.45) is 0.937. The van der Waals surface area contributed by atoms with Crippen molar-refractivity contribution in [3.63, 3.8) is 0 Å². The van der Waals surface area contributed by atoms with E-state index < -0.39 is 0 Å². The van der Waals surface area contributed by atoms with Gasteiger partial charge in [0, 0.05) is 17.6 Å². The van der Waals surface area contributed by atoms with Crippen molar-refractivity contribution in [2.24, 2.45) is 0 Å². The van der Waals surface area contributed by atoms with E-state index in [2.05, 4.69) is 36.2 Å². The summed E-state index contributed by atoms with van der Waals surface area (Å²) in [5, 5.41) is 0.527. The minimum atomic E-state index is -0.225. The summed E-state index contributed by atoms with van der Waals surface area (Å²) in [5.74, 6) is 0.484. The summed E-state index contributed by atoms with van der Waals surface area (Å²) >= 11 is 6.07. The molecule has 6 heteroatoms. The summed E-state index contributed by atoms with van der Waals surface area (Å²) in [5.41, 5.74) is 1.57. The van der Waals surface area contributed by atoms with Gasteiger partial charge in [0.05, 0.1) is 32.4 Å². The van der Waals surface area contributed by atoms with Crippen molar-refractivity contribution in [1.82, 2.24) is 9.80 Å². The van der Waals surface area contributed by atoms with Gasteiger partial charge in [0.25, 0.3) is 5.91 Å². The molecule has 0 aromatic heterocycles. The van der Waals surface area contributed by atoms with Crippen LogP contribution in [0.4, 0.5) is 0 Å². The van der Waals surface area contributed by atoms with E-state index in [9.17, 15) is 4.79 Å². The van der Waals surface area contributed by atoms with Crippen molar-refractivity contribution in [2.45, 2.75) is 24.6 Å². The summed E-state index contributed by atoms with van der Waals surface area (Å²) in [7, 11) is 3.70. The molecule has 0 aliphatic carbocycles. The Hall–Kier alpha value is -2.08. The lowest BCUT2D eigenvalue weighted by Crippen LogP contribution is -2.63. The van der Waals surface area contributed by atoms with Gasteiger partial charge in [0.15, 0.2) is 0 Å². The second kappa shape index (κ2) is 7.74. The molecule has 2 heterocycles. The fourth-order valence-electron chi connectivity index (χ4n) is 4.13. The maximum absolute atomic E-state index is 12.9. The van der Waals surface area contributed by atoms with E-state index in [1.54, 1.807) is 25.3 Å². The van der Waals surface area contributed by atoms with E-state index >= 15 is 0 Å². The Morgan fingerprint density at radius 3 is 2.75 bits per heavy atom. The van der Waals surface area contributed by atoms with Crippen molar-refractivity contribution >= 4 is 17.5 Å². The molecule has 148 valence electrons. The highest BCUT2D eigenvalue weighted by Gasteiger charge is 2.52. The molecule has 1 atom stereocenters. The Bertz CT molecular complexity index is 852. The number of halogens is 1. The van der Waals surface area contributed by atoms with Crippen LogP contribution in [0.15, 0.2) is 48.5 Å². The number of likely N-dealkylation sites (tertiary alicyclic amines) is 1. The van der Waals surface area contributed by atoms with E-state index in [1.807, 2.05) is 11.0 Å². The first-order valence-corrected chi connectivity index (χ1v) is 9.88. The molecule has 0 bridgehead atoms. The van der Waals surface area contributed by atoms with Gasteiger partial charge in [0.2, 0.25) is 0 Å². The molecule has 4 rings (SSSR count). The zero-order valence-electron chi connectivity index (χ0n) is 16.2. The lowest BCUT2D eigenvalue weighted by atomic mass is 9.88. The highest BCUT2D eigenvalue weighted by atomic mass is 35.5. The largest absolute Gasteiger partial charge is 0.496 e. The van der Waals surface area contributed by atoms with Gasteiger partial charge in [-0.3, -0.25) is 9.69 Å². The molecule has 0 saturated carbocycles. The molecule has 0 radical (unpaired) electrons. The van der Waals surface area contributed by atoms with Gasteiger partial charge in [0.1, 0.15) is 11.4 Å². The zero-order chi connectivity index (χ0) is 19.7. The first kappa shape index (κ1) is 19.2. The van der Waals surface area contributed by atoms with Crippen molar-refractivity contribution in [2.75, 3.05) is 33.9 Å². The lowest BCUT2D eigenvalue weighted by Gasteiger charge is -2.47. The molecule has 2 aromatic rings. The van der Waals surface area contributed by atoms with Crippen LogP contribution in [-0.2, 0) is 11.3 Å². The summed E-state index contributed by atoms with van der Waals surface area (Å²) in [6.45, 7) is 2.81. The summed E-state index contributed by atoms with van der Waals surface area (Å²) < 4.78 is 11.5. The second-order valence-electron chi connectivity index (χ2n) is 7.76. The van der Waals surface area contributed by atoms with Crippen LogP contribution >= 0.6 is 11.6 Å². The third kappa shape index (κ3) is 3.75. The molecule has 1 unspecified atom stereocenters. The average molecular weight is 401 g/mol. The predicted octanol–water partition coefficient (Wildman–Crippen LogP) is 3.46. The minimum absolute atomic E-state index is 0.0605. The molecule has 2 saturated heterocycles. The number of nitrogens with zero attached hydrogens (tertiary/aromatic N) is 2. The lowest BCUT2D eigenvalue weighted by molar-refractivity contribution is -0.0951. The highest BCUT2D eigenvalue weighted by Crippen LogP contribution is 2.38. The van der Waals surface area contributed by atoms with E-state index in [4.69, 9.17) is 21.1 Å². The van der Waals surface area contributed by atoms with E-state index in [1.165, 1.54) is 5.56 Å². The van der Waals surface area contributed by atoms with E-state index in [0.29, 0.717) is 42.1 Å². The van der Waals surface area contributed by atoms with Gasteiger partial charge in [-0.05, 0) is 37.2 Å². The molecule has 2 aliphatic rings. The number of rotatable bonds is 5. The normalized spacial score (nSPS) is 20.4. The topological polar surface area (TPSA) is 42.0 Å². The fourth-order valence-corrected chi connectivity index (χ4v) is 4.31. The molecular formula is C22H25ClN2O3. The van der Waals surface area contributed by atoms with Crippen LogP contribution in [0.1, 0.15) is 22.3 Å². The third-order valence-corrected chi connectivity index (χ3v) is 5.96. The average Bonchev–Trinajstić information content (AvgIpc) is 3.13. The molecule has 1 amide bonds. The van der Waals surface area contributed by atoms with Crippen LogP contribution in [0.5, 0.6) is 5.75 Å². The quantitative estimate of drug-likeness (QED) is 0.770. The Morgan fingerprint density at radius 2 is 2.04 bits per heavy atom. The zero-order valence-corrected chi connectivity index (χ0v) is 17.0. The monoisotopic (exact) mass is 400 g/mol. The van der Waals surface area contributed by atoms with Gasteiger partial charge in [-0.1, -0.05) is 41.9 Å². The van der Waals surface area contributed by atoms with Crippen LogP contribution in [0, 0.1) is 0 Å². The van der Waals surface area contributed by atoms with Crippen LogP contribution in [0.3, 0.4) is 0 Å². The molecule has 2 aliphatic heterocycles. The number of carbonyl (C=O) groups excluding carboxylic acids is 1. The third-order valence-electron chi connectivity index (χ3n) is 5.72. The molecule has 0 N–H and O–H groups in total. The van der Waals surface area contributed by atoms with Crippen molar-refractivity contribution < 1.29 is 14.3 Å². The first-order valence-electron chi connectivity index (χ1n) is 9.51. The molecule has 2 aromatic carbocycles. The van der Waals surface area contributed by atoms with Crippen molar-refractivity contribution in [1.29, 1.82) is 0 Å². The summed E-state index contributed by atoms with van der Waals surface area (Å²) in [6, 6.07) is 15.9. The first-order chi connectivity index (χ1) is 13.5. The number of ether oxygens (including phenoxy) is 2. The second-order valence-corrected chi connectivity index (χ2v) is 8.19. The number of methoxy groups -OCH3 is 1. The van der Waals surface area contributed by atoms with Crippen LogP contribution in [0.2, 0.25) is 5.02 Å². The van der Waals surface area contributed by atoms with Gasteiger partial charge >= 0.3 is 0 Å². The Kier molecular flexibility index (Phi) is 5.32. The number of amides is 1. The summed E-state index contributed by atoms with van der Waals surface area (Å²) in [4.78, 5) is 17.0. The van der Waals surface area contributed by atoms with Gasteiger partial charge in [-0.15, -0.1) is 0 Å². The molecular weight excluding hydrogens is 376 g/mol. The van der Waals surface area contributed by atoms with Gasteiger partial charge < -0.3 is 14.4 Å². The number of carbonyl (C=O) groups is 1. The van der Waals surface area contributed by atoms with Crippen LogP contribution in [-0.4, -0.2) is 61.2 Å². The smallest absolute Gasteiger partial charge is 0.257 e. The fraction of sp³-hybridized carbons (Fsp3) is 0.409. The standard InChI is InChI=1S/C22H25ClN2O3/c1-24(12-16-6-4-3-5-7-16)18-11-22(28-13-18)14-25(15-22)21(26)19-10-17(23)8-9-20(19)27-2/h3-10,18H,11-15H2,1-2H3. The van der Waals surface area contributed by atoms with Gasteiger partial charge in [-0.25, -0.2) is 0 Å². The Balaban J connectivity index is 1.36.